The van der Waals surface area contributed by atoms with Gasteiger partial charge in [0.05, 0.1) is 6.04 Å². The molecule has 0 fully saturated rings. The third-order valence-electron chi connectivity index (χ3n) is 3.20. The molecule has 0 bridgehead atoms. The van der Waals surface area contributed by atoms with E-state index in [4.69, 9.17) is 0 Å². The van der Waals surface area contributed by atoms with Crippen molar-refractivity contribution in [2.75, 3.05) is 6.54 Å². The van der Waals surface area contributed by atoms with Gasteiger partial charge < -0.3 is 5.32 Å². The maximum atomic E-state index is 13.4. The Hall–Kier alpha value is -1.81. The van der Waals surface area contributed by atoms with Crippen molar-refractivity contribution in [2.45, 2.75) is 26.8 Å². The van der Waals surface area contributed by atoms with Crippen molar-refractivity contribution in [3.63, 3.8) is 0 Å². The number of hydrogen-bond donors (Lipinski definition) is 1. The Morgan fingerprint density at radius 3 is 2.30 bits per heavy atom. The Morgan fingerprint density at radius 1 is 1.10 bits per heavy atom. The predicted octanol–water partition coefficient (Wildman–Crippen LogP) is 3.68. The summed E-state index contributed by atoms with van der Waals surface area (Å²) in [5.74, 6) is -1.14. The quantitative estimate of drug-likeness (QED) is 0.921. The molecule has 0 amide bonds. The van der Waals surface area contributed by atoms with Crippen LogP contribution in [0.25, 0.3) is 0 Å². The third kappa shape index (κ3) is 3.20. The van der Waals surface area contributed by atoms with Crippen LogP contribution in [-0.2, 0) is 0 Å². The molecule has 0 aliphatic heterocycles. The second-order valence-electron chi connectivity index (χ2n) is 4.82. The van der Waals surface area contributed by atoms with Crippen LogP contribution >= 0.6 is 0 Å². The van der Waals surface area contributed by atoms with Crippen molar-refractivity contribution in [3.8, 4) is 0 Å². The molecule has 1 atom stereocenters. The summed E-state index contributed by atoms with van der Waals surface area (Å²) in [4.78, 5) is 4.42. The molecule has 106 valence electrons. The molecule has 2 rings (SSSR count). The fourth-order valence-corrected chi connectivity index (χ4v) is 2.36. The summed E-state index contributed by atoms with van der Waals surface area (Å²) in [7, 11) is 0. The molecular weight excluding hydrogens is 258 g/mol. The van der Waals surface area contributed by atoms with Crippen LogP contribution in [0.15, 0.2) is 30.3 Å². The smallest absolute Gasteiger partial charge is 0.126 e. The standard InChI is InChI=1S/C16H18F2N2/c1-4-19-16(12-7-13(17)9-14(18)8-12)15-6-5-10(2)20-11(15)3/h5-9,16,19H,4H2,1-3H3. The Labute approximate surface area is 117 Å². The molecule has 1 aromatic heterocycles. The van der Waals surface area contributed by atoms with E-state index in [0.29, 0.717) is 12.1 Å². The fraction of sp³-hybridized carbons (Fsp3) is 0.312. The highest BCUT2D eigenvalue weighted by Crippen LogP contribution is 2.25. The number of nitrogens with zero attached hydrogens (tertiary/aromatic N) is 1. The molecule has 2 nitrogen and oxygen atoms in total. The van der Waals surface area contributed by atoms with E-state index in [-0.39, 0.29) is 6.04 Å². The van der Waals surface area contributed by atoms with Crippen molar-refractivity contribution in [3.05, 3.63) is 64.5 Å². The van der Waals surface area contributed by atoms with Gasteiger partial charge in [-0.2, -0.15) is 0 Å². The molecule has 0 radical (unpaired) electrons. The zero-order chi connectivity index (χ0) is 14.7. The summed E-state index contributed by atoms with van der Waals surface area (Å²) >= 11 is 0. The van der Waals surface area contributed by atoms with E-state index >= 15 is 0 Å². The van der Waals surface area contributed by atoms with Gasteiger partial charge in [-0.05, 0) is 49.7 Å². The Morgan fingerprint density at radius 2 is 1.75 bits per heavy atom. The van der Waals surface area contributed by atoms with Gasteiger partial charge in [0.25, 0.3) is 0 Å². The SMILES string of the molecule is CCNC(c1cc(F)cc(F)c1)c1ccc(C)nc1C. The first-order valence-corrected chi connectivity index (χ1v) is 6.64. The van der Waals surface area contributed by atoms with Crippen molar-refractivity contribution < 1.29 is 8.78 Å². The number of pyridine rings is 1. The van der Waals surface area contributed by atoms with Gasteiger partial charge in [-0.15, -0.1) is 0 Å². The molecule has 2 aromatic rings. The first-order valence-electron chi connectivity index (χ1n) is 6.64. The summed E-state index contributed by atoms with van der Waals surface area (Å²) in [6.45, 7) is 6.47. The van der Waals surface area contributed by atoms with Gasteiger partial charge in [0.1, 0.15) is 11.6 Å². The molecule has 0 saturated heterocycles. The van der Waals surface area contributed by atoms with E-state index in [9.17, 15) is 8.78 Å². The summed E-state index contributed by atoms with van der Waals surface area (Å²) in [6, 6.07) is 7.19. The van der Waals surface area contributed by atoms with Crippen LogP contribution in [-0.4, -0.2) is 11.5 Å². The largest absolute Gasteiger partial charge is 0.306 e. The summed E-state index contributed by atoms with van der Waals surface area (Å²) < 4.78 is 26.9. The lowest BCUT2D eigenvalue weighted by molar-refractivity contribution is 0.564. The molecule has 1 N–H and O–H groups in total. The zero-order valence-corrected chi connectivity index (χ0v) is 11.9. The second-order valence-corrected chi connectivity index (χ2v) is 4.82. The van der Waals surface area contributed by atoms with Gasteiger partial charge >= 0.3 is 0 Å². The summed E-state index contributed by atoms with van der Waals surface area (Å²) in [5.41, 5.74) is 3.29. The third-order valence-corrected chi connectivity index (χ3v) is 3.20. The van der Waals surface area contributed by atoms with E-state index in [1.807, 2.05) is 32.9 Å². The number of aromatic nitrogens is 1. The lowest BCUT2D eigenvalue weighted by Crippen LogP contribution is -2.23. The maximum absolute atomic E-state index is 13.4. The van der Waals surface area contributed by atoms with Crippen LogP contribution in [0.1, 0.15) is 35.5 Å². The number of benzene rings is 1. The molecule has 4 heteroatoms. The van der Waals surface area contributed by atoms with Crippen LogP contribution < -0.4 is 5.32 Å². The number of halogens is 2. The lowest BCUT2D eigenvalue weighted by atomic mass is 9.97. The molecule has 0 aliphatic rings. The van der Waals surface area contributed by atoms with Gasteiger partial charge in [0, 0.05) is 17.5 Å². The molecule has 20 heavy (non-hydrogen) atoms. The fourth-order valence-electron chi connectivity index (χ4n) is 2.36. The Bertz CT molecular complexity index is 591. The van der Waals surface area contributed by atoms with Crippen molar-refractivity contribution in [1.82, 2.24) is 10.3 Å². The van der Waals surface area contributed by atoms with Gasteiger partial charge in [-0.25, -0.2) is 8.78 Å². The van der Waals surface area contributed by atoms with E-state index in [1.165, 1.54) is 12.1 Å². The Kier molecular flexibility index (Phi) is 4.45. The average Bonchev–Trinajstić information content (AvgIpc) is 2.35. The predicted molar refractivity (Wildman–Crippen MR) is 75.6 cm³/mol. The zero-order valence-electron chi connectivity index (χ0n) is 11.9. The van der Waals surface area contributed by atoms with E-state index in [1.54, 1.807) is 0 Å². The van der Waals surface area contributed by atoms with Gasteiger partial charge in [-0.3, -0.25) is 4.98 Å². The second kappa shape index (κ2) is 6.09. The normalized spacial score (nSPS) is 12.4. The minimum absolute atomic E-state index is 0.265. The van der Waals surface area contributed by atoms with Crippen LogP contribution in [0.5, 0.6) is 0 Å². The summed E-state index contributed by atoms with van der Waals surface area (Å²) in [6.07, 6.45) is 0. The Balaban J connectivity index is 2.49. The number of rotatable bonds is 4. The molecule has 0 spiro atoms. The molecule has 0 aliphatic carbocycles. The van der Waals surface area contributed by atoms with Crippen LogP contribution in [0.3, 0.4) is 0 Å². The van der Waals surface area contributed by atoms with E-state index in [0.717, 1.165) is 23.0 Å². The van der Waals surface area contributed by atoms with Crippen molar-refractivity contribution in [1.29, 1.82) is 0 Å². The van der Waals surface area contributed by atoms with Crippen LogP contribution in [0.4, 0.5) is 8.78 Å². The van der Waals surface area contributed by atoms with Gasteiger partial charge in [-0.1, -0.05) is 13.0 Å². The first kappa shape index (κ1) is 14.6. The molecule has 0 saturated carbocycles. The number of hydrogen-bond acceptors (Lipinski definition) is 2. The molecule has 1 aromatic carbocycles. The van der Waals surface area contributed by atoms with E-state index in [2.05, 4.69) is 10.3 Å². The maximum Gasteiger partial charge on any atom is 0.126 e. The number of nitrogens with one attached hydrogen (secondary N) is 1. The molecule has 1 unspecified atom stereocenters. The van der Waals surface area contributed by atoms with Crippen LogP contribution in [0, 0.1) is 25.5 Å². The highest BCUT2D eigenvalue weighted by atomic mass is 19.1. The lowest BCUT2D eigenvalue weighted by Gasteiger charge is -2.21. The van der Waals surface area contributed by atoms with Gasteiger partial charge in [0.2, 0.25) is 0 Å². The van der Waals surface area contributed by atoms with E-state index < -0.39 is 11.6 Å². The highest BCUT2D eigenvalue weighted by Gasteiger charge is 2.17. The topological polar surface area (TPSA) is 24.9 Å². The minimum Gasteiger partial charge on any atom is -0.306 e. The first-order chi connectivity index (χ1) is 9.51. The summed E-state index contributed by atoms with van der Waals surface area (Å²) in [5, 5.41) is 3.26. The highest BCUT2D eigenvalue weighted by molar-refractivity contribution is 5.35. The van der Waals surface area contributed by atoms with Crippen LogP contribution in [0.2, 0.25) is 0 Å². The average molecular weight is 276 g/mol. The minimum atomic E-state index is -0.569. The van der Waals surface area contributed by atoms with Crippen molar-refractivity contribution >= 4 is 0 Å². The molecular formula is C16H18F2N2. The monoisotopic (exact) mass is 276 g/mol. The molecule has 1 heterocycles. The number of aryl methyl sites for hydroxylation is 2. The van der Waals surface area contributed by atoms with Gasteiger partial charge in [0.15, 0.2) is 0 Å². The van der Waals surface area contributed by atoms with Crippen molar-refractivity contribution in [2.24, 2.45) is 0 Å².